The number of rotatable bonds is 4. The lowest BCUT2D eigenvalue weighted by molar-refractivity contribution is 0.458. The fraction of sp³-hybridized carbons (Fsp3) is 0.143. The second-order valence-electron chi connectivity index (χ2n) is 3.90. The first-order valence-corrected chi connectivity index (χ1v) is 6.56. The molecule has 18 heavy (non-hydrogen) atoms. The van der Waals surface area contributed by atoms with Crippen LogP contribution in [-0.2, 0) is 11.4 Å². The van der Waals surface area contributed by atoms with E-state index < -0.39 is 11.4 Å². The van der Waals surface area contributed by atoms with Gasteiger partial charge in [-0.15, -0.1) is 0 Å². The Morgan fingerprint density at radius 2 is 1.17 bits per heavy atom. The average molecular weight is 262 g/mol. The quantitative estimate of drug-likeness (QED) is 0.847. The van der Waals surface area contributed by atoms with Gasteiger partial charge in [-0.3, -0.25) is 0 Å². The van der Waals surface area contributed by atoms with Crippen LogP contribution in [0.15, 0.2) is 48.5 Å². The molecule has 3 nitrogen and oxygen atoms in total. The second kappa shape index (κ2) is 5.69. The fourth-order valence-electron chi connectivity index (χ4n) is 1.46. The van der Waals surface area contributed by atoms with E-state index >= 15 is 0 Å². The van der Waals surface area contributed by atoms with Crippen LogP contribution in [0.25, 0.3) is 0 Å². The summed E-state index contributed by atoms with van der Waals surface area (Å²) < 4.78 is 22.3. The van der Waals surface area contributed by atoms with Crippen LogP contribution in [0.4, 0.5) is 0 Å². The van der Waals surface area contributed by atoms with Crippen molar-refractivity contribution in [1.82, 2.24) is 0 Å². The van der Waals surface area contributed by atoms with E-state index in [0.717, 1.165) is 11.1 Å². The lowest BCUT2D eigenvalue weighted by Gasteiger charge is -2.09. The van der Waals surface area contributed by atoms with Gasteiger partial charge >= 0.3 is 11.4 Å². The van der Waals surface area contributed by atoms with Crippen LogP contribution in [0.5, 0.6) is 11.5 Å². The van der Waals surface area contributed by atoms with Gasteiger partial charge in [-0.2, -0.15) is 4.21 Å². The summed E-state index contributed by atoms with van der Waals surface area (Å²) in [6.45, 7) is 3.78. The molecular weight excluding hydrogens is 248 g/mol. The molecule has 0 spiro atoms. The first-order chi connectivity index (χ1) is 8.66. The molecular formula is C14H14O3S. The van der Waals surface area contributed by atoms with Crippen molar-refractivity contribution in [1.29, 1.82) is 0 Å². The van der Waals surface area contributed by atoms with Gasteiger partial charge in [0, 0.05) is 0 Å². The third-order valence-electron chi connectivity index (χ3n) is 2.50. The van der Waals surface area contributed by atoms with Crippen molar-refractivity contribution in [3.8, 4) is 11.5 Å². The minimum Gasteiger partial charge on any atom is -0.371 e. The van der Waals surface area contributed by atoms with Gasteiger partial charge in [0.25, 0.3) is 0 Å². The van der Waals surface area contributed by atoms with E-state index in [2.05, 4.69) is 0 Å². The lowest BCUT2D eigenvalue weighted by Crippen LogP contribution is -2.09. The van der Waals surface area contributed by atoms with Gasteiger partial charge in [-0.05, 0) is 37.1 Å². The molecule has 0 aliphatic heterocycles. The Labute approximate surface area is 109 Å². The number of benzene rings is 2. The molecule has 94 valence electrons. The van der Waals surface area contributed by atoms with Crippen molar-refractivity contribution < 1.29 is 12.6 Å². The SMILES string of the molecule is Cc1ccccc1OS(=O)Oc1ccccc1C. The van der Waals surface area contributed by atoms with Crippen molar-refractivity contribution in [2.75, 3.05) is 0 Å². The highest BCUT2D eigenvalue weighted by Gasteiger charge is 2.08. The fourth-order valence-corrected chi connectivity index (χ4v) is 2.16. The Kier molecular flexibility index (Phi) is 3.99. The molecule has 0 saturated heterocycles. The first-order valence-electron chi connectivity index (χ1n) is 5.56. The normalized spacial score (nSPS) is 10.4. The largest absolute Gasteiger partial charge is 0.417 e. The molecule has 4 heteroatoms. The summed E-state index contributed by atoms with van der Waals surface area (Å²) >= 11 is -1.84. The lowest BCUT2D eigenvalue weighted by atomic mass is 10.2. The van der Waals surface area contributed by atoms with Gasteiger partial charge in [0.05, 0.1) is 0 Å². The molecule has 0 saturated carbocycles. The number of hydrogen-bond acceptors (Lipinski definition) is 3. The van der Waals surface area contributed by atoms with Crippen molar-refractivity contribution >= 4 is 11.4 Å². The van der Waals surface area contributed by atoms with Gasteiger partial charge < -0.3 is 8.37 Å². The predicted octanol–water partition coefficient (Wildman–Crippen LogP) is 3.34. The van der Waals surface area contributed by atoms with E-state index in [-0.39, 0.29) is 0 Å². The summed E-state index contributed by atoms with van der Waals surface area (Å²) in [5.74, 6) is 1.12. The molecule has 0 unspecified atom stereocenters. The van der Waals surface area contributed by atoms with Crippen molar-refractivity contribution in [3.63, 3.8) is 0 Å². The molecule has 0 atom stereocenters. The Bertz CT molecular complexity index is 517. The van der Waals surface area contributed by atoms with E-state index in [4.69, 9.17) is 8.37 Å². The number of aryl methyl sites for hydroxylation is 2. The maximum absolute atomic E-state index is 11.8. The molecule has 0 N–H and O–H groups in total. The summed E-state index contributed by atoms with van der Waals surface area (Å²) in [6, 6.07) is 14.7. The van der Waals surface area contributed by atoms with Gasteiger partial charge in [0.2, 0.25) is 0 Å². The molecule has 2 aromatic rings. The summed E-state index contributed by atoms with van der Waals surface area (Å²) in [5, 5.41) is 0. The standard InChI is InChI=1S/C14H14O3S/c1-11-7-3-5-9-13(11)16-18(15)17-14-10-6-4-8-12(14)2/h3-10H,1-2H3. The molecule has 0 bridgehead atoms. The highest BCUT2D eigenvalue weighted by atomic mass is 32.2. The predicted molar refractivity (Wildman–Crippen MR) is 71.8 cm³/mol. The monoisotopic (exact) mass is 262 g/mol. The zero-order valence-corrected chi connectivity index (χ0v) is 11.1. The van der Waals surface area contributed by atoms with E-state index in [9.17, 15) is 4.21 Å². The molecule has 0 radical (unpaired) electrons. The van der Waals surface area contributed by atoms with Crippen LogP contribution in [0.3, 0.4) is 0 Å². The van der Waals surface area contributed by atoms with Gasteiger partial charge in [-0.1, -0.05) is 36.4 Å². The maximum atomic E-state index is 11.8. The third-order valence-corrected chi connectivity index (χ3v) is 3.13. The van der Waals surface area contributed by atoms with E-state index in [0.29, 0.717) is 11.5 Å². The van der Waals surface area contributed by atoms with Crippen LogP contribution in [-0.4, -0.2) is 4.21 Å². The second-order valence-corrected chi connectivity index (χ2v) is 4.64. The van der Waals surface area contributed by atoms with E-state index in [1.165, 1.54) is 0 Å². The molecule has 0 amide bonds. The third kappa shape index (κ3) is 3.11. The van der Waals surface area contributed by atoms with Gasteiger partial charge in [-0.25, -0.2) is 0 Å². The summed E-state index contributed by atoms with van der Waals surface area (Å²) in [5.41, 5.74) is 1.83. The Balaban J connectivity index is 2.06. The van der Waals surface area contributed by atoms with Gasteiger partial charge in [0.1, 0.15) is 11.5 Å². The molecule has 2 rings (SSSR count). The minimum absolute atomic E-state index is 0.560. The molecule has 2 aromatic carbocycles. The first kappa shape index (κ1) is 12.6. The highest BCUT2D eigenvalue weighted by Crippen LogP contribution is 2.21. The molecule has 0 aliphatic rings. The summed E-state index contributed by atoms with van der Waals surface area (Å²) in [7, 11) is 0. The van der Waals surface area contributed by atoms with E-state index in [1.807, 2.05) is 50.2 Å². The molecule has 0 aliphatic carbocycles. The van der Waals surface area contributed by atoms with Crippen LogP contribution in [0, 0.1) is 13.8 Å². The minimum atomic E-state index is -1.84. The highest BCUT2D eigenvalue weighted by molar-refractivity contribution is 7.75. The Hall–Kier alpha value is -1.81. The van der Waals surface area contributed by atoms with Crippen LogP contribution in [0.1, 0.15) is 11.1 Å². The maximum Gasteiger partial charge on any atom is 0.417 e. The molecule has 0 aromatic heterocycles. The zero-order chi connectivity index (χ0) is 13.0. The van der Waals surface area contributed by atoms with E-state index in [1.54, 1.807) is 12.1 Å². The summed E-state index contributed by atoms with van der Waals surface area (Å²) in [4.78, 5) is 0. The van der Waals surface area contributed by atoms with Crippen molar-refractivity contribution in [2.45, 2.75) is 13.8 Å². The Morgan fingerprint density at radius 3 is 1.56 bits per heavy atom. The summed E-state index contributed by atoms with van der Waals surface area (Å²) in [6.07, 6.45) is 0. The van der Waals surface area contributed by atoms with Crippen LogP contribution in [0.2, 0.25) is 0 Å². The van der Waals surface area contributed by atoms with Crippen LogP contribution >= 0.6 is 0 Å². The molecule has 0 heterocycles. The number of para-hydroxylation sites is 2. The zero-order valence-electron chi connectivity index (χ0n) is 10.3. The van der Waals surface area contributed by atoms with Crippen LogP contribution < -0.4 is 8.37 Å². The number of hydrogen-bond donors (Lipinski definition) is 0. The topological polar surface area (TPSA) is 35.5 Å². The molecule has 0 fully saturated rings. The van der Waals surface area contributed by atoms with Gasteiger partial charge in [0.15, 0.2) is 0 Å². The van der Waals surface area contributed by atoms with Crippen molar-refractivity contribution in [3.05, 3.63) is 59.7 Å². The average Bonchev–Trinajstić information content (AvgIpc) is 2.35. The van der Waals surface area contributed by atoms with Crippen molar-refractivity contribution in [2.24, 2.45) is 0 Å². The smallest absolute Gasteiger partial charge is 0.371 e. The Morgan fingerprint density at radius 1 is 0.778 bits per heavy atom.